The molecule has 0 N–H and O–H groups in total. The summed E-state index contributed by atoms with van der Waals surface area (Å²) in [7, 11) is -0.368. The van der Waals surface area contributed by atoms with Crippen molar-refractivity contribution in [1.29, 1.82) is 0 Å². The Labute approximate surface area is 103 Å². The first-order valence-electron chi connectivity index (χ1n) is 6.33. The average Bonchev–Trinajstić information content (AvgIpc) is 2.89. The van der Waals surface area contributed by atoms with Crippen LogP contribution < -0.4 is 5.66 Å². The first kappa shape index (κ1) is 11.4. The lowest BCUT2D eigenvalue weighted by Gasteiger charge is -2.32. The van der Waals surface area contributed by atoms with Gasteiger partial charge in [-0.2, -0.15) is 0 Å². The Kier molecular flexibility index (Phi) is 2.27. The molecule has 2 fully saturated rings. The van der Waals surface area contributed by atoms with Crippen molar-refractivity contribution < 1.29 is 13.7 Å². The maximum absolute atomic E-state index is 5.95. The number of rotatable bonds is 2. The van der Waals surface area contributed by atoms with Crippen molar-refractivity contribution in [1.82, 2.24) is 0 Å². The third-order valence-electron chi connectivity index (χ3n) is 4.17. The summed E-state index contributed by atoms with van der Waals surface area (Å²) < 4.78 is 17.5. The van der Waals surface area contributed by atoms with Crippen LogP contribution in [0.4, 0.5) is 0 Å². The van der Waals surface area contributed by atoms with E-state index in [1.807, 2.05) is 6.26 Å². The SMILES string of the molecule is CC1(C)OB(c2cc(C3CC3)co2)OC1(C)C. The molecule has 0 amide bonds. The van der Waals surface area contributed by atoms with Gasteiger partial charge < -0.3 is 13.7 Å². The molecule has 0 radical (unpaired) electrons. The molecule has 0 spiro atoms. The van der Waals surface area contributed by atoms with Crippen LogP contribution in [0.25, 0.3) is 0 Å². The summed E-state index contributed by atoms with van der Waals surface area (Å²) in [6, 6.07) is 2.08. The quantitative estimate of drug-likeness (QED) is 0.736. The molecule has 0 bridgehead atoms. The Balaban J connectivity index is 1.81. The van der Waals surface area contributed by atoms with Gasteiger partial charge in [0.05, 0.1) is 17.5 Å². The summed E-state index contributed by atoms with van der Waals surface area (Å²) in [5.41, 5.74) is 1.48. The fourth-order valence-corrected chi connectivity index (χ4v) is 2.08. The van der Waals surface area contributed by atoms with E-state index in [0.29, 0.717) is 5.92 Å². The molecule has 17 heavy (non-hydrogen) atoms. The van der Waals surface area contributed by atoms with Crippen molar-refractivity contribution in [3.05, 3.63) is 17.9 Å². The second kappa shape index (κ2) is 3.39. The first-order valence-corrected chi connectivity index (χ1v) is 6.33. The van der Waals surface area contributed by atoms with Gasteiger partial charge >= 0.3 is 7.12 Å². The summed E-state index contributed by atoms with van der Waals surface area (Å²) in [6.07, 6.45) is 4.41. The third kappa shape index (κ3) is 1.83. The van der Waals surface area contributed by atoms with Crippen LogP contribution in [0.3, 0.4) is 0 Å². The molecule has 4 heteroatoms. The van der Waals surface area contributed by atoms with Gasteiger partial charge in [-0.05, 0) is 58.1 Å². The summed E-state index contributed by atoms with van der Waals surface area (Å²) in [4.78, 5) is 0. The van der Waals surface area contributed by atoms with Crippen LogP contribution in [-0.4, -0.2) is 18.3 Å². The highest BCUT2D eigenvalue weighted by Gasteiger charge is 2.53. The molecule has 1 aliphatic carbocycles. The molecule has 1 aromatic heterocycles. The van der Waals surface area contributed by atoms with Crippen LogP contribution in [-0.2, 0) is 9.31 Å². The molecule has 1 saturated heterocycles. The molecule has 92 valence electrons. The molecule has 1 saturated carbocycles. The van der Waals surface area contributed by atoms with Gasteiger partial charge in [-0.15, -0.1) is 0 Å². The van der Waals surface area contributed by atoms with E-state index in [9.17, 15) is 0 Å². The van der Waals surface area contributed by atoms with E-state index in [1.54, 1.807) is 0 Å². The zero-order valence-corrected chi connectivity index (χ0v) is 10.9. The second-order valence-electron chi connectivity index (χ2n) is 6.14. The van der Waals surface area contributed by atoms with Crippen LogP contribution in [0.15, 0.2) is 16.7 Å². The van der Waals surface area contributed by atoms with Crippen molar-refractivity contribution >= 4 is 12.8 Å². The molecular formula is C13H19BO3. The standard InChI is InChI=1S/C13H19BO3/c1-12(2)13(3,4)17-14(16-12)11-7-10(8-15-11)9-5-6-9/h7-9H,5-6H2,1-4H3. The second-order valence-corrected chi connectivity index (χ2v) is 6.14. The lowest BCUT2D eigenvalue weighted by atomic mass is 9.86. The van der Waals surface area contributed by atoms with E-state index in [-0.39, 0.29) is 18.3 Å². The van der Waals surface area contributed by atoms with E-state index >= 15 is 0 Å². The predicted molar refractivity (Wildman–Crippen MR) is 66.4 cm³/mol. The van der Waals surface area contributed by atoms with Gasteiger partial charge in [0, 0.05) is 0 Å². The molecule has 3 rings (SSSR count). The van der Waals surface area contributed by atoms with E-state index < -0.39 is 0 Å². The Morgan fingerprint density at radius 1 is 1.12 bits per heavy atom. The minimum Gasteiger partial charge on any atom is -0.473 e. The third-order valence-corrected chi connectivity index (χ3v) is 4.17. The monoisotopic (exact) mass is 234 g/mol. The van der Waals surface area contributed by atoms with Crippen molar-refractivity contribution in [3.8, 4) is 0 Å². The summed E-state index contributed by atoms with van der Waals surface area (Å²) in [5, 5.41) is 0. The molecule has 2 aliphatic rings. The number of furan rings is 1. The zero-order valence-electron chi connectivity index (χ0n) is 10.9. The smallest absolute Gasteiger partial charge is 0.473 e. The molecule has 0 aromatic carbocycles. The van der Waals surface area contributed by atoms with Gasteiger partial charge in [-0.25, -0.2) is 0 Å². The van der Waals surface area contributed by atoms with Crippen molar-refractivity contribution in [2.45, 2.75) is 57.7 Å². The van der Waals surface area contributed by atoms with E-state index in [4.69, 9.17) is 13.7 Å². The minimum atomic E-state index is -0.368. The van der Waals surface area contributed by atoms with Crippen LogP contribution in [0, 0.1) is 0 Å². The first-order chi connectivity index (χ1) is 7.89. The van der Waals surface area contributed by atoms with Gasteiger partial charge in [-0.1, -0.05) is 0 Å². The van der Waals surface area contributed by atoms with Crippen LogP contribution in [0.5, 0.6) is 0 Å². The van der Waals surface area contributed by atoms with Gasteiger partial charge in [0.2, 0.25) is 0 Å². The van der Waals surface area contributed by atoms with Crippen molar-refractivity contribution in [3.63, 3.8) is 0 Å². The highest BCUT2D eigenvalue weighted by atomic mass is 16.7. The molecule has 0 atom stereocenters. The van der Waals surface area contributed by atoms with E-state index in [0.717, 1.165) is 5.66 Å². The Bertz CT molecular complexity index is 416. The zero-order chi connectivity index (χ0) is 12.3. The van der Waals surface area contributed by atoms with Gasteiger partial charge in [0.15, 0.2) is 0 Å². The maximum atomic E-state index is 5.95. The van der Waals surface area contributed by atoms with E-state index in [2.05, 4.69) is 33.8 Å². The maximum Gasteiger partial charge on any atom is 0.532 e. The Morgan fingerprint density at radius 3 is 2.24 bits per heavy atom. The molecule has 1 aliphatic heterocycles. The van der Waals surface area contributed by atoms with Crippen LogP contribution in [0.1, 0.15) is 52.0 Å². The summed E-state index contributed by atoms with van der Waals surface area (Å²) in [6.45, 7) is 8.21. The molecule has 2 heterocycles. The predicted octanol–water partition coefficient (Wildman–Crippen LogP) is 2.46. The highest BCUT2D eigenvalue weighted by molar-refractivity contribution is 6.60. The fraction of sp³-hybridized carbons (Fsp3) is 0.692. The molecule has 3 nitrogen and oxygen atoms in total. The van der Waals surface area contributed by atoms with Gasteiger partial charge in [0.1, 0.15) is 5.66 Å². The largest absolute Gasteiger partial charge is 0.532 e. The summed E-state index contributed by atoms with van der Waals surface area (Å²) in [5.74, 6) is 0.704. The lowest BCUT2D eigenvalue weighted by Crippen LogP contribution is -2.41. The molecular weight excluding hydrogens is 215 g/mol. The average molecular weight is 234 g/mol. The highest BCUT2D eigenvalue weighted by Crippen LogP contribution is 2.41. The molecule has 1 aromatic rings. The van der Waals surface area contributed by atoms with E-state index in [1.165, 1.54) is 18.4 Å². The fourth-order valence-electron chi connectivity index (χ4n) is 2.08. The van der Waals surface area contributed by atoms with Crippen LogP contribution >= 0.6 is 0 Å². The normalized spacial score (nSPS) is 26.5. The minimum absolute atomic E-state index is 0.301. The van der Waals surface area contributed by atoms with Crippen molar-refractivity contribution in [2.24, 2.45) is 0 Å². The number of hydrogen-bond donors (Lipinski definition) is 0. The van der Waals surface area contributed by atoms with Crippen molar-refractivity contribution in [2.75, 3.05) is 0 Å². The topological polar surface area (TPSA) is 31.6 Å². The van der Waals surface area contributed by atoms with Gasteiger partial charge in [-0.3, -0.25) is 0 Å². The van der Waals surface area contributed by atoms with Crippen LogP contribution in [0.2, 0.25) is 0 Å². The lowest BCUT2D eigenvalue weighted by molar-refractivity contribution is 0.00578. The summed E-state index contributed by atoms with van der Waals surface area (Å²) >= 11 is 0. The molecule has 0 unspecified atom stereocenters. The number of hydrogen-bond acceptors (Lipinski definition) is 3. The Morgan fingerprint density at radius 2 is 1.71 bits per heavy atom. The van der Waals surface area contributed by atoms with Gasteiger partial charge in [0.25, 0.3) is 0 Å². The Hall–Kier alpha value is -0.735.